The predicted octanol–water partition coefficient (Wildman–Crippen LogP) is 1.63. The van der Waals surface area contributed by atoms with Crippen LogP contribution in [-0.2, 0) is 17.9 Å². The third-order valence-corrected chi connectivity index (χ3v) is 6.00. The average molecular weight is 530 g/mol. The van der Waals surface area contributed by atoms with Gasteiger partial charge in [-0.05, 0) is 47.9 Å². The highest BCUT2D eigenvalue weighted by atomic mass is 16.5. The van der Waals surface area contributed by atoms with Crippen LogP contribution >= 0.6 is 0 Å². The first-order valence-electron chi connectivity index (χ1n) is 11.7. The van der Waals surface area contributed by atoms with Crippen molar-refractivity contribution in [3.63, 3.8) is 0 Å². The van der Waals surface area contributed by atoms with Crippen molar-refractivity contribution in [2.75, 3.05) is 11.9 Å². The zero-order chi connectivity index (χ0) is 27.7. The maximum absolute atomic E-state index is 13.1. The Labute approximate surface area is 220 Å². The Morgan fingerprint density at radius 1 is 1.03 bits per heavy atom. The molecule has 3 amide bonds. The van der Waals surface area contributed by atoms with Crippen molar-refractivity contribution in [2.24, 2.45) is 0 Å². The lowest BCUT2D eigenvalue weighted by molar-refractivity contribution is -0.118. The molecule has 0 saturated carbocycles. The molecule has 0 unspecified atom stereocenters. The van der Waals surface area contributed by atoms with Crippen LogP contribution in [0.5, 0.6) is 11.6 Å². The third kappa shape index (κ3) is 5.32. The van der Waals surface area contributed by atoms with Crippen LogP contribution in [0.1, 0.15) is 48.0 Å². The maximum atomic E-state index is 13.1. The van der Waals surface area contributed by atoms with Gasteiger partial charge in [0, 0.05) is 13.1 Å². The van der Waals surface area contributed by atoms with Gasteiger partial charge in [-0.15, -0.1) is 0 Å². The minimum absolute atomic E-state index is 0.00852. The van der Waals surface area contributed by atoms with Gasteiger partial charge in [-0.25, -0.2) is 9.78 Å². The molecule has 0 fully saturated rings. The number of nitrogens with one attached hydrogen (secondary N) is 3. The zero-order valence-electron chi connectivity index (χ0n) is 20.5. The van der Waals surface area contributed by atoms with Gasteiger partial charge in [-0.2, -0.15) is 4.98 Å². The number of ether oxygens (including phenoxy) is 1. The fourth-order valence-corrected chi connectivity index (χ4v) is 4.11. The number of hydrogen-bond acceptors (Lipinski definition) is 8. The Hall–Kier alpha value is -5.46. The lowest BCUT2D eigenvalue weighted by atomic mass is 10.1. The van der Waals surface area contributed by atoms with Crippen LogP contribution in [0.4, 0.5) is 5.69 Å². The highest BCUT2D eigenvalue weighted by molar-refractivity contribution is 5.98. The van der Waals surface area contributed by atoms with E-state index in [0.29, 0.717) is 28.1 Å². The zero-order valence-corrected chi connectivity index (χ0v) is 20.5. The van der Waals surface area contributed by atoms with Gasteiger partial charge in [0.05, 0.1) is 17.4 Å². The van der Waals surface area contributed by atoms with Gasteiger partial charge < -0.3 is 30.9 Å². The Bertz CT molecular complexity index is 1660. The Balaban J connectivity index is 1.33. The number of carbonyl (C=O) groups is 4. The molecule has 0 radical (unpaired) electrons. The van der Waals surface area contributed by atoms with E-state index < -0.39 is 17.8 Å². The van der Waals surface area contributed by atoms with Gasteiger partial charge in [0.15, 0.2) is 6.61 Å². The molecule has 0 saturated heterocycles. The SMILES string of the molecule is Cc1cc(CNC(=O)c2cc(C(=O)NCc3ccc4c(c3)NC(=O)CO4)n3cc(O)nc3n2)ccc1C(=O)O. The first-order valence-corrected chi connectivity index (χ1v) is 11.7. The molecule has 2 aromatic carbocycles. The second-order valence-corrected chi connectivity index (χ2v) is 8.78. The number of carboxylic acids is 1. The van der Waals surface area contributed by atoms with Crippen molar-refractivity contribution in [1.29, 1.82) is 0 Å². The number of aromatic nitrogens is 3. The number of nitrogens with zero attached hydrogens (tertiary/aromatic N) is 3. The topological polar surface area (TPSA) is 184 Å². The van der Waals surface area contributed by atoms with E-state index in [2.05, 4.69) is 25.9 Å². The second-order valence-electron chi connectivity index (χ2n) is 8.78. The molecule has 0 bridgehead atoms. The van der Waals surface area contributed by atoms with Crippen molar-refractivity contribution < 1.29 is 34.1 Å². The summed E-state index contributed by atoms with van der Waals surface area (Å²) in [4.78, 5) is 56.8. The van der Waals surface area contributed by atoms with E-state index in [0.717, 1.165) is 0 Å². The first kappa shape index (κ1) is 25.2. The molecule has 1 aliphatic heterocycles. The summed E-state index contributed by atoms with van der Waals surface area (Å²) in [6, 6.07) is 11.1. The number of carboxylic acid groups (broad SMARTS) is 1. The molecule has 2 aromatic heterocycles. The van der Waals surface area contributed by atoms with Crippen LogP contribution in [0.3, 0.4) is 0 Å². The number of aromatic hydroxyl groups is 1. The monoisotopic (exact) mass is 530 g/mol. The average Bonchev–Trinajstić information content (AvgIpc) is 3.29. The van der Waals surface area contributed by atoms with Gasteiger partial charge in [-0.3, -0.25) is 18.8 Å². The lowest BCUT2D eigenvalue weighted by Gasteiger charge is -2.18. The molecule has 198 valence electrons. The van der Waals surface area contributed by atoms with E-state index in [1.807, 2.05) is 0 Å². The number of fused-ring (bicyclic) bond motifs is 2. The number of carbonyl (C=O) groups excluding carboxylic acids is 3. The molecule has 3 heterocycles. The standard InChI is InChI=1S/C26H22N6O7/c1-13-6-14(2-4-16(13)25(37)38)9-27-23(35)18-8-19(32-11-21(33)31-26(32)30-18)24(36)28-10-15-3-5-20-17(7-15)29-22(34)12-39-20/h2-8,11,33H,9-10,12H2,1H3,(H,27,35)(H,28,36)(H,29,34)(H,37,38). The quantitative estimate of drug-likeness (QED) is 0.237. The number of aromatic carboxylic acids is 1. The van der Waals surface area contributed by atoms with Gasteiger partial charge in [0.1, 0.15) is 17.1 Å². The van der Waals surface area contributed by atoms with E-state index >= 15 is 0 Å². The van der Waals surface area contributed by atoms with E-state index in [9.17, 15) is 29.4 Å². The van der Waals surface area contributed by atoms with E-state index in [1.165, 1.54) is 22.7 Å². The van der Waals surface area contributed by atoms with Crippen molar-refractivity contribution in [2.45, 2.75) is 20.0 Å². The second kappa shape index (κ2) is 10.1. The maximum Gasteiger partial charge on any atom is 0.335 e. The van der Waals surface area contributed by atoms with Crippen LogP contribution in [-0.4, -0.2) is 54.9 Å². The molecule has 4 aromatic rings. The molecule has 39 heavy (non-hydrogen) atoms. The van der Waals surface area contributed by atoms with Crippen LogP contribution in [0.2, 0.25) is 0 Å². The first-order chi connectivity index (χ1) is 18.7. The number of benzene rings is 2. The molecule has 13 nitrogen and oxygen atoms in total. The Morgan fingerprint density at radius 3 is 2.49 bits per heavy atom. The minimum atomic E-state index is -1.04. The largest absolute Gasteiger partial charge is 0.492 e. The smallest absolute Gasteiger partial charge is 0.335 e. The highest BCUT2D eigenvalue weighted by Gasteiger charge is 2.20. The van der Waals surface area contributed by atoms with Gasteiger partial charge in [0.2, 0.25) is 11.7 Å². The van der Waals surface area contributed by atoms with Crippen molar-refractivity contribution in [3.05, 3.63) is 82.3 Å². The molecule has 5 N–H and O–H groups in total. The van der Waals surface area contributed by atoms with Crippen LogP contribution in [0.15, 0.2) is 48.7 Å². The molecule has 13 heteroatoms. The van der Waals surface area contributed by atoms with E-state index in [-0.39, 0.29) is 54.2 Å². The molecule has 1 aliphatic rings. The summed E-state index contributed by atoms with van der Waals surface area (Å²) in [5.74, 6) is -2.39. The summed E-state index contributed by atoms with van der Waals surface area (Å²) in [5.41, 5.74) is 2.48. The number of aryl methyl sites for hydroxylation is 1. The minimum Gasteiger partial charge on any atom is -0.492 e. The lowest BCUT2D eigenvalue weighted by Crippen LogP contribution is -2.28. The number of amides is 3. The summed E-state index contributed by atoms with van der Waals surface area (Å²) in [6.45, 7) is 1.78. The van der Waals surface area contributed by atoms with Gasteiger partial charge in [0.25, 0.3) is 17.7 Å². The summed E-state index contributed by atoms with van der Waals surface area (Å²) in [6.07, 6.45) is 1.21. The number of hydrogen-bond donors (Lipinski definition) is 5. The summed E-state index contributed by atoms with van der Waals surface area (Å²) < 4.78 is 6.60. The number of anilines is 1. The molecule has 0 spiro atoms. The van der Waals surface area contributed by atoms with E-state index in [4.69, 9.17) is 4.74 Å². The molecule has 0 aliphatic carbocycles. The molecule has 5 rings (SSSR count). The normalized spacial score (nSPS) is 12.3. The van der Waals surface area contributed by atoms with E-state index in [1.54, 1.807) is 37.3 Å². The predicted molar refractivity (Wildman–Crippen MR) is 136 cm³/mol. The Morgan fingerprint density at radius 2 is 1.74 bits per heavy atom. The summed E-state index contributed by atoms with van der Waals surface area (Å²) >= 11 is 0. The molecule has 0 atom stereocenters. The number of imidazole rings is 1. The molecular weight excluding hydrogens is 508 g/mol. The van der Waals surface area contributed by atoms with Crippen LogP contribution in [0, 0.1) is 6.92 Å². The number of rotatable bonds is 7. The summed E-state index contributed by atoms with van der Waals surface area (Å²) in [7, 11) is 0. The highest BCUT2D eigenvalue weighted by Crippen LogP contribution is 2.28. The van der Waals surface area contributed by atoms with Crippen molar-refractivity contribution in [1.82, 2.24) is 25.0 Å². The Kier molecular flexibility index (Phi) is 6.54. The van der Waals surface area contributed by atoms with Gasteiger partial charge >= 0.3 is 5.97 Å². The molecular formula is C26H22N6O7. The van der Waals surface area contributed by atoms with Crippen molar-refractivity contribution >= 4 is 35.2 Å². The summed E-state index contributed by atoms with van der Waals surface area (Å²) in [5, 5.41) is 27.2. The fourth-order valence-electron chi connectivity index (χ4n) is 4.11. The third-order valence-electron chi connectivity index (χ3n) is 6.00. The fraction of sp³-hybridized carbons (Fsp3) is 0.154. The van der Waals surface area contributed by atoms with Crippen LogP contribution < -0.4 is 20.7 Å². The van der Waals surface area contributed by atoms with Gasteiger partial charge in [-0.1, -0.05) is 18.2 Å². The van der Waals surface area contributed by atoms with Crippen molar-refractivity contribution in [3.8, 4) is 11.6 Å². The van der Waals surface area contributed by atoms with Crippen LogP contribution in [0.25, 0.3) is 5.78 Å².